The van der Waals surface area contributed by atoms with Gasteiger partial charge in [-0.15, -0.1) is 0 Å². The topological polar surface area (TPSA) is 12.9 Å². The molecule has 0 atom stereocenters. The molecule has 0 bridgehead atoms. The number of benzene rings is 2. The molecule has 2 heteroatoms. The molecular formula is C28H26FN. The standard InChI is InChI=1S/C28H26FN/c1-17-9-10-22(13-19(17)3)26-15-23-8-6-7-18(2)28(23)21(5)25(26)14-20(4)24-11-12-27(29)30-16-24/h6-13,16H,4-5,14-15H2,1-3H3. The van der Waals surface area contributed by atoms with Crippen LogP contribution in [-0.4, -0.2) is 4.98 Å². The number of fused-ring (bicyclic) bond motifs is 1. The number of rotatable bonds is 4. The van der Waals surface area contributed by atoms with Crippen LogP contribution in [0.1, 0.15) is 45.4 Å². The quantitative estimate of drug-likeness (QED) is 0.423. The molecule has 1 heterocycles. The molecule has 0 unspecified atom stereocenters. The molecule has 1 aromatic heterocycles. The molecule has 0 amide bonds. The normalized spacial score (nSPS) is 13.4. The van der Waals surface area contributed by atoms with Gasteiger partial charge in [0, 0.05) is 6.20 Å². The summed E-state index contributed by atoms with van der Waals surface area (Å²) in [6, 6.07) is 16.2. The molecule has 1 aliphatic carbocycles. The number of pyridine rings is 1. The maximum Gasteiger partial charge on any atom is 0.212 e. The number of nitrogens with zero attached hydrogens (tertiary/aromatic N) is 1. The van der Waals surface area contributed by atoms with Gasteiger partial charge in [0.15, 0.2) is 0 Å². The van der Waals surface area contributed by atoms with Crippen LogP contribution in [-0.2, 0) is 6.42 Å². The van der Waals surface area contributed by atoms with Crippen molar-refractivity contribution in [3.8, 4) is 0 Å². The van der Waals surface area contributed by atoms with E-state index in [4.69, 9.17) is 0 Å². The molecule has 30 heavy (non-hydrogen) atoms. The van der Waals surface area contributed by atoms with Crippen LogP contribution >= 0.6 is 0 Å². The molecule has 3 aromatic rings. The van der Waals surface area contributed by atoms with Crippen LogP contribution in [0.2, 0.25) is 0 Å². The maximum atomic E-state index is 13.3. The average Bonchev–Trinajstić information content (AvgIpc) is 2.72. The van der Waals surface area contributed by atoms with Crippen LogP contribution in [0.25, 0.3) is 16.7 Å². The smallest absolute Gasteiger partial charge is 0.212 e. The van der Waals surface area contributed by atoms with Crippen LogP contribution < -0.4 is 0 Å². The number of halogens is 1. The second kappa shape index (κ2) is 7.87. The molecule has 150 valence electrons. The van der Waals surface area contributed by atoms with Crippen LogP contribution in [0.3, 0.4) is 0 Å². The highest BCUT2D eigenvalue weighted by Gasteiger charge is 2.24. The summed E-state index contributed by atoms with van der Waals surface area (Å²) >= 11 is 0. The van der Waals surface area contributed by atoms with Crippen molar-refractivity contribution in [1.82, 2.24) is 4.98 Å². The van der Waals surface area contributed by atoms with E-state index in [1.54, 1.807) is 12.3 Å². The summed E-state index contributed by atoms with van der Waals surface area (Å²) in [5, 5.41) is 0. The molecule has 0 saturated heterocycles. The summed E-state index contributed by atoms with van der Waals surface area (Å²) in [5.41, 5.74) is 12.9. The molecule has 2 aromatic carbocycles. The number of aryl methyl sites for hydroxylation is 3. The zero-order chi connectivity index (χ0) is 21.4. The Balaban J connectivity index is 1.83. The van der Waals surface area contributed by atoms with Crippen molar-refractivity contribution in [3.63, 3.8) is 0 Å². The number of hydrogen-bond donors (Lipinski definition) is 0. The van der Waals surface area contributed by atoms with E-state index in [0.717, 1.165) is 23.1 Å². The van der Waals surface area contributed by atoms with E-state index in [9.17, 15) is 4.39 Å². The molecule has 4 rings (SSSR count). The lowest BCUT2D eigenvalue weighted by Gasteiger charge is -2.28. The van der Waals surface area contributed by atoms with Crippen LogP contribution in [0.5, 0.6) is 0 Å². The van der Waals surface area contributed by atoms with E-state index in [-0.39, 0.29) is 0 Å². The Kier molecular flexibility index (Phi) is 5.26. The minimum atomic E-state index is -0.479. The van der Waals surface area contributed by atoms with E-state index >= 15 is 0 Å². The van der Waals surface area contributed by atoms with E-state index in [0.29, 0.717) is 6.42 Å². The average molecular weight is 396 g/mol. The molecule has 0 N–H and O–H groups in total. The Morgan fingerprint density at radius 3 is 2.50 bits per heavy atom. The van der Waals surface area contributed by atoms with Gasteiger partial charge >= 0.3 is 0 Å². The molecule has 1 nitrogen and oxygen atoms in total. The molecule has 0 spiro atoms. The number of allylic oxidation sites excluding steroid dienone is 4. The predicted molar refractivity (Wildman–Crippen MR) is 125 cm³/mol. The van der Waals surface area contributed by atoms with Crippen LogP contribution in [0.15, 0.2) is 73.5 Å². The van der Waals surface area contributed by atoms with Gasteiger partial charge in [0.25, 0.3) is 0 Å². The van der Waals surface area contributed by atoms with Gasteiger partial charge in [-0.05, 0) is 107 Å². The Bertz CT molecular complexity index is 1200. The van der Waals surface area contributed by atoms with Gasteiger partial charge < -0.3 is 0 Å². The highest BCUT2D eigenvalue weighted by atomic mass is 19.1. The Labute approximate surface area is 178 Å². The molecular weight excluding hydrogens is 369 g/mol. The first-order valence-corrected chi connectivity index (χ1v) is 10.2. The second-order valence-corrected chi connectivity index (χ2v) is 8.17. The largest absolute Gasteiger partial charge is 0.228 e. The molecule has 1 aliphatic rings. The SMILES string of the molecule is C=C(CC1=C(c2ccc(C)c(C)c2)Cc2cccc(C)c2C1=C)c1ccc(F)nc1. The monoisotopic (exact) mass is 395 g/mol. The van der Waals surface area contributed by atoms with E-state index < -0.39 is 5.95 Å². The van der Waals surface area contributed by atoms with Crippen molar-refractivity contribution in [3.05, 3.63) is 118 Å². The molecule has 0 radical (unpaired) electrons. The Morgan fingerprint density at radius 2 is 1.80 bits per heavy atom. The van der Waals surface area contributed by atoms with E-state index in [2.05, 4.69) is 75.3 Å². The van der Waals surface area contributed by atoms with Gasteiger partial charge in [-0.1, -0.05) is 49.6 Å². The Morgan fingerprint density at radius 1 is 1.00 bits per heavy atom. The lowest BCUT2D eigenvalue weighted by atomic mass is 9.76. The fourth-order valence-electron chi connectivity index (χ4n) is 4.26. The first-order valence-electron chi connectivity index (χ1n) is 10.2. The maximum absolute atomic E-state index is 13.3. The van der Waals surface area contributed by atoms with Crippen molar-refractivity contribution >= 4 is 16.7 Å². The highest BCUT2D eigenvalue weighted by Crippen LogP contribution is 2.43. The molecule has 0 aliphatic heterocycles. The molecule has 0 saturated carbocycles. The fourth-order valence-corrected chi connectivity index (χ4v) is 4.26. The second-order valence-electron chi connectivity index (χ2n) is 8.17. The third-order valence-corrected chi connectivity index (χ3v) is 6.14. The van der Waals surface area contributed by atoms with Crippen molar-refractivity contribution in [1.29, 1.82) is 0 Å². The fraction of sp³-hybridized carbons (Fsp3) is 0.179. The lowest BCUT2D eigenvalue weighted by molar-refractivity contribution is 0.583. The van der Waals surface area contributed by atoms with Crippen molar-refractivity contribution in [2.24, 2.45) is 0 Å². The van der Waals surface area contributed by atoms with Gasteiger partial charge in [-0.25, -0.2) is 4.98 Å². The third kappa shape index (κ3) is 3.66. The zero-order valence-electron chi connectivity index (χ0n) is 17.8. The first-order chi connectivity index (χ1) is 14.3. The summed E-state index contributed by atoms with van der Waals surface area (Å²) in [5.74, 6) is -0.479. The highest BCUT2D eigenvalue weighted by molar-refractivity contribution is 5.96. The number of aromatic nitrogens is 1. The summed E-state index contributed by atoms with van der Waals surface area (Å²) in [7, 11) is 0. The van der Waals surface area contributed by atoms with Crippen LogP contribution in [0.4, 0.5) is 4.39 Å². The summed E-state index contributed by atoms with van der Waals surface area (Å²) in [6.45, 7) is 15.2. The van der Waals surface area contributed by atoms with Crippen molar-refractivity contribution in [2.75, 3.05) is 0 Å². The predicted octanol–water partition coefficient (Wildman–Crippen LogP) is 7.27. The Hall–Kier alpha value is -3.26. The minimum Gasteiger partial charge on any atom is -0.228 e. The number of hydrogen-bond acceptors (Lipinski definition) is 1. The summed E-state index contributed by atoms with van der Waals surface area (Å²) < 4.78 is 13.3. The van der Waals surface area contributed by atoms with Gasteiger partial charge in [0.2, 0.25) is 5.95 Å². The minimum absolute atomic E-state index is 0.479. The first kappa shape index (κ1) is 20.0. The van der Waals surface area contributed by atoms with Crippen molar-refractivity contribution in [2.45, 2.75) is 33.6 Å². The van der Waals surface area contributed by atoms with Gasteiger partial charge in [-0.2, -0.15) is 4.39 Å². The molecule has 0 fully saturated rings. The zero-order valence-corrected chi connectivity index (χ0v) is 17.8. The summed E-state index contributed by atoms with van der Waals surface area (Å²) in [6.07, 6.45) is 3.07. The van der Waals surface area contributed by atoms with Gasteiger partial charge in [0.05, 0.1) is 0 Å². The van der Waals surface area contributed by atoms with Crippen molar-refractivity contribution < 1.29 is 4.39 Å². The van der Waals surface area contributed by atoms with Gasteiger partial charge in [-0.3, -0.25) is 0 Å². The lowest BCUT2D eigenvalue weighted by Crippen LogP contribution is -2.10. The third-order valence-electron chi connectivity index (χ3n) is 6.14. The van der Waals surface area contributed by atoms with E-state index in [1.807, 2.05) is 0 Å². The summed E-state index contributed by atoms with van der Waals surface area (Å²) in [4.78, 5) is 3.79. The van der Waals surface area contributed by atoms with Crippen LogP contribution in [0, 0.1) is 26.7 Å². The van der Waals surface area contributed by atoms with E-state index in [1.165, 1.54) is 50.6 Å². The van der Waals surface area contributed by atoms with Gasteiger partial charge in [0.1, 0.15) is 0 Å².